The zero-order valence-electron chi connectivity index (χ0n) is 13.7. The minimum atomic E-state index is -3.50. The average molecular weight is 313 g/mol. The number of hydrogen-bond acceptors (Lipinski definition) is 3. The number of rotatable bonds is 4. The van der Waals surface area contributed by atoms with E-state index in [1.807, 2.05) is 34.6 Å². The van der Waals surface area contributed by atoms with Crippen molar-refractivity contribution >= 4 is 10.0 Å². The van der Waals surface area contributed by atoms with Gasteiger partial charge in [-0.3, -0.25) is 4.68 Å². The Morgan fingerprint density at radius 3 is 2.33 bits per heavy atom. The van der Waals surface area contributed by atoms with Crippen LogP contribution in [0.2, 0.25) is 0 Å². The van der Waals surface area contributed by atoms with E-state index in [0.29, 0.717) is 10.6 Å². The Labute approximate surface area is 128 Å². The third kappa shape index (κ3) is 3.66. The maximum Gasteiger partial charge on any atom is 0.244 e. The molecule has 0 aromatic carbocycles. The number of aromatic nitrogens is 2. The molecular weight excluding hydrogens is 286 g/mol. The summed E-state index contributed by atoms with van der Waals surface area (Å²) in [4.78, 5) is 0.329. The van der Waals surface area contributed by atoms with Crippen LogP contribution in [-0.4, -0.2) is 24.2 Å². The molecule has 0 saturated heterocycles. The molecule has 5 nitrogen and oxygen atoms in total. The van der Waals surface area contributed by atoms with Crippen molar-refractivity contribution in [2.75, 3.05) is 0 Å². The monoisotopic (exact) mass is 313 g/mol. The summed E-state index contributed by atoms with van der Waals surface area (Å²) >= 11 is 0. The third-order valence-corrected chi connectivity index (χ3v) is 5.43. The minimum Gasteiger partial charge on any atom is -0.269 e. The zero-order chi connectivity index (χ0) is 15.8. The van der Waals surface area contributed by atoms with E-state index in [1.54, 1.807) is 10.9 Å². The Morgan fingerprint density at radius 1 is 1.29 bits per heavy atom. The molecule has 6 heteroatoms. The normalized spacial score (nSPS) is 17.8. The first-order valence-electron chi connectivity index (χ1n) is 7.73. The van der Waals surface area contributed by atoms with Crippen LogP contribution in [0.15, 0.2) is 11.1 Å². The molecule has 1 saturated carbocycles. The molecule has 1 aliphatic carbocycles. The lowest BCUT2D eigenvalue weighted by atomic mass is 9.92. The van der Waals surface area contributed by atoms with Crippen molar-refractivity contribution < 1.29 is 8.42 Å². The molecule has 0 bridgehead atoms. The fourth-order valence-corrected chi connectivity index (χ4v) is 4.33. The van der Waals surface area contributed by atoms with Crippen molar-refractivity contribution in [3.8, 4) is 0 Å². The molecule has 1 N–H and O–H groups in total. The van der Waals surface area contributed by atoms with Gasteiger partial charge in [0.15, 0.2) is 0 Å². The third-order valence-electron chi connectivity index (χ3n) is 3.90. The predicted molar refractivity (Wildman–Crippen MR) is 83.9 cm³/mol. The van der Waals surface area contributed by atoms with Crippen LogP contribution in [0, 0.1) is 0 Å². The van der Waals surface area contributed by atoms with Crippen molar-refractivity contribution in [1.82, 2.24) is 14.5 Å². The van der Waals surface area contributed by atoms with Crippen molar-refractivity contribution in [3.63, 3.8) is 0 Å². The standard InChI is InChI=1S/C15H27N3O2S/c1-11(2)18-10-13(14(16-18)15(3,4)5)21(19,20)17-12-8-6-7-9-12/h10-12,17H,6-9H2,1-5H3. The first-order chi connectivity index (χ1) is 9.61. The summed E-state index contributed by atoms with van der Waals surface area (Å²) in [5.74, 6) is 0. The van der Waals surface area contributed by atoms with Crippen LogP contribution in [-0.2, 0) is 15.4 Å². The summed E-state index contributed by atoms with van der Waals surface area (Å²) in [6.07, 6.45) is 5.74. The summed E-state index contributed by atoms with van der Waals surface area (Å²) in [6.45, 7) is 9.98. The smallest absolute Gasteiger partial charge is 0.244 e. The van der Waals surface area contributed by atoms with E-state index >= 15 is 0 Å². The molecule has 1 heterocycles. The van der Waals surface area contributed by atoms with E-state index in [0.717, 1.165) is 25.7 Å². The van der Waals surface area contributed by atoms with E-state index in [1.165, 1.54) is 0 Å². The molecule has 0 unspecified atom stereocenters. The lowest BCUT2D eigenvalue weighted by Crippen LogP contribution is -2.33. The van der Waals surface area contributed by atoms with Gasteiger partial charge in [0.1, 0.15) is 4.90 Å². The molecule has 0 atom stereocenters. The Bertz CT molecular complexity index is 591. The molecule has 2 rings (SSSR count). The molecule has 0 radical (unpaired) electrons. The van der Waals surface area contributed by atoms with Gasteiger partial charge in [-0.25, -0.2) is 13.1 Å². The number of nitrogens with one attached hydrogen (secondary N) is 1. The van der Waals surface area contributed by atoms with E-state index in [2.05, 4.69) is 9.82 Å². The number of hydrogen-bond donors (Lipinski definition) is 1. The highest BCUT2D eigenvalue weighted by atomic mass is 32.2. The van der Waals surface area contributed by atoms with Crippen LogP contribution in [0.3, 0.4) is 0 Å². The molecule has 120 valence electrons. The quantitative estimate of drug-likeness (QED) is 0.929. The van der Waals surface area contributed by atoms with Gasteiger partial charge in [-0.1, -0.05) is 33.6 Å². The topological polar surface area (TPSA) is 64.0 Å². The van der Waals surface area contributed by atoms with Crippen LogP contribution >= 0.6 is 0 Å². The van der Waals surface area contributed by atoms with Gasteiger partial charge in [0.2, 0.25) is 10.0 Å². The van der Waals surface area contributed by atoms with Crippen molar-refractivity contribution in [1.29, 1.82) is 0 Å². The molecule has 0 spiro atoms. The summed E-state index contributed by atoms with van der Waals surface area (Å²) < 4.78 is 30.0. The van der Waals surface area contributed by atoms with Gasteiger partial charge in [-0.05, 0) is 26.7 Å². The van der Waals surface area contributed by atoms with Crippen LogP contribution in [0.1, 0.15) is 72.0 Å². The van der Waals surface area contributed by atoms with Crippen molar-refractivity contribution in [2.24, 2.45) is 0 Å². The Balaban J connectivity index is 2.40. The van der Waals surface area contributed by atoms with Crippen molar-refractivity contribution in [2.45, 2.75) is 82.7 Å². The predicted octanol–water partition coefficient (Wildman–Crippen LogP) is 2.98. The molecule has 21 heavy (non-hydrogen) atoms. The van der Waals surface area contributed by atoms with Crippen LogP contribution in [0.4, 0.5) is 0 Å². The van der Waals surface area contributed by atoms with Crippen molar-refractivity contribution in [3.05, 3.63) is 11.9 Å². The second-order valence-electron chi connectivity index (χ2n) is 7.27. The van der Waals surface area contributed by atoms with Crippen LogP contribution < -0.4 is 4.72 Å². The van der Waals surface area contributed by atoms with E-state index < -0.39 is 10.0 Å². The molecule has 1 aromatic heterocycles. The van der Waals surface area contributed by atoms with Gasteiger partial charge >= 0.3 is 0 Å². The lowest BCUT2D eigenvalue weighted by molar-refractivity contribution is 0.492. The number of sulfonamides is 1. The lowest BCUT2D eigenvalue weighted by Gasteiger charge is -2.19. The van der Waals surface area contributed by atoms with E-state index in [4.69, 9.17) is 0 Å². The molecule has 0 aliphatic heterocycles. The maximum atomic E-state index is 12.7. The maximum absolute atomic E-state index is 12.7. The van der Waals surface area contributed by atoms with Crippen LogP contribution in [0.25, 0.3) is 0 Å². The molecule has 1 aromatic rings. The van der Waals surface area contributed by atoms with Gasteiger partial charge in [-0.15, -0.1) is 0 Å². The molecule has 0 amide bonds. The Morgan fingerprint density at radius 2 is 1.86 bits per heavy atom. The number of nitrogens with zero attached hydrogens (tertiary/aromatic N) is 2. The summed E-state index contributed by atoms with van der Waals surface area (Å²) in [6, 6.07) is 0.215. The van der Waals surface area contributed by atoms with E-state index in [-0.39, 0.29) is 17.5 Å². The summed E-state index contributed by atoms with van der Waals surface area (Å²) in [7, 11) is -3.50. The first kappa shape index (κ1) is 16.5. The highest BCUT2D eigenvalue weighted by Gasteiger charge is 2.32. The van der Waals surface area contributed by atoms with Gasteiger partial charge < -0.3 is 0 Å². The summed E-state index contributed by atoms with van der Waals surface area (Å²) in [5.41, 5.74) is 0.335. The fraction of sp³-hybridized carbons (Fsp3) is 0.800. The second-order valence-corrected chi connectivity index (χ2v) is 8.95. The van der Waals surface area contributed by atoms with Gasteiger partial charge in [0.05, 0.1) is 5.69 Å². The second kappa shape index (κ2) is 5.72. The summed E-state index contributed by atoms with van der Waals surface area (Å²) in [5, 5.41) is 4.52. The minimum absolute atomic E-state index is 0.0743. The van der Waals surface area contributed by atoms with Gasteiger partial charge in [0.25, 0.3) is 0 Å². The Hall–Kier alpha value is -0.880. The molecule has 1 aliphatic rings. The molecular formula is C15H27N3O2S. The van der Waals surface area contributed by atoms with Gasteiger partial charge in [0, 0.05) is 23.7 Å². The molecule has 1 fully saturated rings. The van der Waals surface area contributed by atoms with Crippen LogP contribution in [0.5, 0.6) is 0 Å². The SMILES string of the molecule is CC(C)n1cc(S(=O)(=O)NC2CCCC2)c(C(C)(C)C)n1. The van der Waals surface area contributed by atoms with Gasteiger partial charge in [-0.2, -0.15) is 5.10 Å². The largest absolute Gasteiger partial charge is 0.269 e. The Kier molecular flexibility index (Phi) is 4.49. The first-order valence-corrected chi connectivity index (χ1v) is 9.21. The highest BCUT2D eigenvalue weighted by molar-refractivity contribution is 7.89. The average Bonchev–Trinajstić information content (AvgIpc) is 2.94. The fourth-order valence-electron chi connectivity index (χ4n) is 2.68. The highest BCUT2D eigenvalue weighted by Crippen LogP contribution is 2.29. The zero-order valence-corrected chi connectivity index (χ0v) is 14.5. The van der Waals surface area contributed by atoms with E-state index in [9.17, 15) is 8.42 Å².